The number of nitrogens with zero attached hydrogens (tertiary/aromatic N) is 1. The molecule has 0 saturated heterocycles. The number of carbonyl (C=O) groups is 1. The van der Waals surface area contributed by atoms with Crippen molar-refractivity contribution in [2.75, 3.05) is 11.9 Å². The number of aromatic carboxylic acids is 1. The van der Waals surface area contributed by atoms with Gasteiger partial charge in [0.2, 0.25) is 0 Å². The molecule has 0 bridgehead atoms. The number of aromatic nitrogens is 1. The van der Waals surface area contributed by atoms with Crippen molar-refractivity contribution in [1.82, 2.24) is 4.37 Å². The van der Waals surface area contributed by atoms with Crippen LogP contribution in [0, 0.1) is 0 Å². The highest BCUT2D eigenvalue weighted by Gasteiger charge is 2.28. The molecule has 2 heterocycles. The SMILES string of the molecule is O=C(O)c1nsc2c1NCC2O. The molecular formula is C6H6N2O3S. The Morgan fingerprint density at radius 1 is 1.75 bits per heavy atom. The van der Waals surface area contributed by atoms with Gasteiger partial charge in [-0.05, 0) is 11.5 Å². The van der Waals surface area contributed by atoms with Crippen LogP contribution in [0.2, 0.25) is 0 Å². The van der Waals surface area contributed by atoms with Gasteiger partial charge in [0, 0.05) is 6.54 Å². The minimum absolute atomic E-state index is 0.00606. The number of aliphatic hydroxyl groups excluding tert-OH is 1. The van der Waals surface area contributed by atoms with E-state index in [1.807, 2.05) is 0 Å². The minimum Gasteiger partial charge on any atom is -0.476 e. The second kappa shape index (κ2) is 2.43. The van der Waals surface area contributed by atoms with Crippen LogP contribution < -0.4 is 5.32 Å². The molecule has 0 aliphatic carbocycles. The maximum Gasteiger partial charge on any atom is 0.357 e. The summed E-state index contributed by atoms with van der Waals surface area (Å²) in [6, 6.07) is 0. The molecule has 5 nitrogen and oxygen atoms in total. The molecule has 1 aliphatic rings. The molecule has 1 aliphatic heterocycles. The van der Waals surface area contributed by atoms with Crippen LogP contribution >= 0.6 is 11.5 Å². The number of rotatable bonds is 1. The topological polar surface area (TPSA) is 82.5 Å². The smallest absolute Gasteiger partial charge is 0.357 e. The van der Waals surface area contributed by atoms with Crippen LogP contribution in [0.25, 0.3) is 0 Å². The van der Waals surface area contributed by atoms with Crippen LogP contribution in [0.4, 0.5) is 5.69 Å². The molecule has 0 fully saturated rings. The van der Waals surface area contributed by atoms with Crippen LogP contribution in [-0.2, 0) is 0 Å². The maximum absolute atomic E-state index is 10.6. The molecule has 1 aromatic heterocycles. The third-order valence-corrected chi connectivity index (χ3v) is 2.64. The number of β-amino-alcohol motifs (C(OH)–C–C–N with tert-alkyl or cyclic N) is 1. The summed E-state index contributed by atoms with van der Waals surface area (Å²) in [4.78, 5) is 11.2. The summed E-state index contributed by atoms with van der Waals surface area (Å²) < 4.78 is 3.71. The number of hydrogen-bond donors (Lipinski definition) is 3. The van der Waals surface area contributed by atoms with E-state index in [1.54, 1.807) is 0 Å². The molecule has 0 amide bonds. The van der Waals surface area contributed by atoms with Gasteiger partial charge in [0.25, 0.3) is 0 Å². The van der Waals surface area contributed by atoms with Gasteiger partial charge in [-0.3, -0.25) is 0 Å². The lowest BCUT2D eigenvalue weighted by Gasteiger charge is -1.95. The van der Waals surface area contributed by atoms with Gasteiger partial charge in [-0.15, -0.1) is 0 Å². The molecule has 2 rings (SSSR count). The highest BCUT2D eigenvalue weighted by molar-refractivity contribution is 7.06. The summed E-state index contributed by atoms with van der Waals surface area (Å²) in [5, 5.41) is 20.7. The van der Waals surface area contributed by atoms with E-state index in [0.717, 1.165) is 11.5 Å². The molecule has 3 N–H and O–H groups in total. The predicted octanol–water partition coefficient (Wildman–Crippen LogP) is 0.300. The van der Waals surface area contributed by atoms with Crippen molar-refractivity contribution in [2.45, 2.75) is 6.10 Å². The first-order valence-electron chi connectivity index (χ1n) is 3.35. The number of carboxylic acids is 1. The summed E-state index contributed by atoms with van der Waals surface area (Å²) in [6.07, 6.45) is -0.606. The van der Waals surface area contributed by atoms with Crippen molar-refractivity contribution in [3.63, 3.8) is 0 Å². The Morgan fingerprint density at radius 2 is 2.50 bits per heavy atom. The van der Waals surface area contributed by atoms with Crippen LogP contribution in [0.15, 0.2) is 0 Å². The van der Waals surface area contributed by atoms with E-state index in [1.165, 1.54) is 0 Å². The van der Waals surface area contributed by atoms with Crippen LogP contribution in [0.1, 0.15) is 21.5 Å². The molecule has 64 valence electrons. The molecular weight excluding hydrogens is 180 g/mol. The lowest BCUT2D eigenvalue weighted by molar-refractivity contribution is 0.0693. The van der Waals surface area contributed by atoms with E-state index in [-0.39, 0.29) is 5.69 Å². The third-order valence-electron chi connectivity index (χ3n) is 1.70. The Morgan fingerprint density at radius 3 is 3.17 bits per heavy atom. The molecule has 1 atom stereocenters. The molecule has 0 saturated carbocycles. The average molecular weight is 186 g/mol. The molecule has 0 radical (unpaired) electrons. The fraction of sp³-hybridized carbons (Fsp3) is 0.333. The molecule has 0 spiro atoms. The first-order chi connectivity index (χ1) is 5.70. The first-order valence-corrected chi connectivity index (χ1v) is 4.12. The molecule has 12 heavy (non-hydrogen) atoms. The summed E-state index contributed by atoms with van der Waals surface area (Å²) >= 11 is 1.03. The average Bonchev–Trinajstić information content (AvgIpc) is 2.53. The molecule has 1 aromatic rings. The highest BCUT2D eigenvalue weighted by Crippen LogP contribution is 2.35. The predicted molar refractivity (Wildman–Crippen MR) is 42.5 cm³/mol. The second-order valence-electron chi connectivity index (χ2n) is 2.47. The van der Waals surface area contributed by atoms with E-state index in [0.29, 0.717) is 17.1 Å². The number of anilines is 1. The van der Waals surface area contributed by atoms with Crippen molar-refractivity contribution in [1.29, 1.82) is 0 Å². The fourth-order valence-corrected chi connectivity index (χ4v) is 1.96. The Hall–Kier alpha value is -1.14. The Kier molecular flexibility index (Phi) is 1.52. The van der Waals surface area contributed by atoms with Gasteiger partial charge in [-0.2, -0.15) is 4.37 Å². The third kappa shape index (κ3) is 0.886. The number of carboxylic acid groups (broad SMARTS) is 1. The van der Waals surface area contributed by atoms with E-state index < -0.39 is 12.1 Å². The Labute approximate surface area is 71.8 Å². The zero-order valence-electron chi connectivity index (χ0n) is 5.94. The van der Waals surface area contributed by atoms with Crippen LogP contribution in [-0.4, -0.2) is 27.1 Å². The van der Waals surface area contributed by atoms with E-state index in [2.05, 4.69) is 9.69 Å². The zero-order valence-corrected chi connectivity index (χ0v) is 6.76. The largest absolute Gasteiger partial charge is 0.476 e. The van der Waals surface area contributed by atoms with Crippen molar-refractivity contribution in [3.8, 4) is 0 Å². The molecule has 1 unspecified atom stereocenters. The number of aliphatic hydroxyl groups is 1. The zero-order chi connectivity index (χ0) is 8.72. The number of hydrogen-bond acceptors (Lipinski definition) is 5. The van der Waals surface area contributed by atoms with Gasteiger partial charge < -0.3 is 15.5 Å². The Bertz CT molecular complexity index is 336. The van der Waals surface area contributed by atoms with Gasteiger partial charge in [0.15, 0.2) is 5.69 Å². The van der Waals surface area contributed by atoms with Crippen LogP contribution in [0.5, 0.6) is 0 Å². The summed E-state index contributed by atoms with van der Waals surface area (Å²) in [6.45, 7) is 0.379. The van der Waals surface area contributed by atoms with Gasteiger partial charge >= 0.3 is 5.97 Å². The van der Waals surface area contributed by atoms with Crippen molar-refractivity contribution >= 4 is 23.2 Å². The number of nitrogens with one attached hydrogen (secondary N) is 1. The van der Waals surface area contributed by atoms with Crippen molar-refractivity contribution in [2.24, 2.45) is 0 Å². The maximum atomic E-state index is 10.6. The van der Waals surface area contributed by atoms with Crippen molar-refractivity contribution in [3.05, 3.63) is 10.6 Å². The lowest BCUT2D eigenvalue weighted by atomic mass is 10.3. The van der Waals surface area contributed by atoms with Gasteiger partial charge in [0.05, 0.1) is 10.6 Å². The van der Waals surface area contributed by atoms with Crippen LogP contribution in [0.3, 0.4) is 0 Å². The fourth-order valence-electron chi connectivity index (χ4n) is 1.14. The van der Waals surface area contributed by atoms with Gasteiger partial charge in [-0.1, -0.05) is 0 Å². The monoisotopic (exact) mass is 186 g/mol. The number of fused-ring (bicyclic) bond motifs is 1. The summed E-state index contributed by atoms with van der Waals surface area (Å²) in [7, 11) is 0. The van der Waals surface area contributed by atoms with E-state index >= 15 is 0 Å². The van der Waals surface area contributed by atoms with E-state index in [4.69, 9.17) is 5.11 Å². The van der Waals surface area contributed by atoms with Gasteiger partial charge in [0.1, 0.15) is 6.10 Å². The minimum atomic E-state index is -1.06. The normalized spacial score (nSPS) is 20.2. The summed E-state index contributed by atoms with van der Waals surface area (Å²) in [5.74, 6) is -1.06. The van der Waals surface area contributed by atoms with Gasteiger partial charge in [-0.25, -0.2) is 4.79 Å². The Balaban J connectivity index is 2.49. The quantitative estimate of drug-likeness (QED) is 0.587. The van der Waals surface area contributed by atoms with E-state index in [9.17, 15) is 9.90 Å². The highest BCUT2D eigenvalue weighted by atomic mass is 32.1. The summed E-state index contributed by atoms with van der Waals surface area (Å²) in [5.41, 5.74) is 0.478. The molecule has 6 heteroatoms. The lowest BCUT2D eigenvalue weighted by Crippen LogP contribution is -2.03. The molecule has 0 aromatic carbocycles. The first kappa shape index (κ1) is 7.51. The standard InChI is InChI=1S/C6H6N2O3S/c9-2-1-7-3-4(6(10)11)8-12-5(2)3/h2,7,9H,1H2,(H,10,11). The van der Waals surface area contributed by atoms with Crippen molar-refractivity contribution < 1.29 is 15.0 Å². The second-order valence-corrected chi connectivity index (χ2v) is 3.28.